The average Bonchev–Trinajstić information content (AvgIpc) is 1.65. The number of hydrogen-bond acceptors (Lipinski definition) is 2. The first kappa shape index (κ1) is 8.87. The number of nitrogens with zero attached hydrogens (tertiary/aromatic N) is 1. The van der Waals surface area contributed by atoms with E-state index in [1.54, 1.807) is 6.92 Å². The molecule has 9 heavy (non-hydrogen) atoms. The van der Waals surface area contributed by atoms with Crippen LogP contribution in [-0.4, -0.2) is 26.8 Å². The monoisotopic (exact) mass is 151 g/mol. The van der Waals surface area contributed by atoms with Gasteiger partial charge in [0.25, 0.3) is 10.2 Å². The van der Waals surface area contributed by atoms with Gasteiger partial charge in [0, 0.05) is 20.6 Å². The summed E-state index contributed by atoms with van der Waals surface area (Å²) in [5.74, 6) is 0. The normalized spacial score (nSPS) is 12.4. The van der Waals surface area contributed by atoms with E-state index in [0.29, 0.717) is 0 Å². The molecule has 55 valence electrons. The summed E-state index contributed by atoms with van der Waals surface area (Å²) in [6, 6.07) is 0. The van der Waals surface area contributed by atoms with E-state index in [-0.39, 0.29) is 0 Å². The molecular formula is C4H11N2O2S. The highest BCUT2D eigenvalue weighted by molar-refractivity contribution is 7.87. The number of nitrogens with one attached hydrogen (secondary N) is 1. The molecule has 4 nitrogen and oxygen atoms in total. The maximum Gasteiger partial charge on any atom is 0.279 e. The lowest BCUT2D eigenvalue weighted by Gasteiger charge is -2.09. The third kappa shape index (κ3) is 2.78. The van der Waals surface area contributed by atoms with Crippen molar-refractivity contribution in [3.05, 3.63) is 6.54 Å². The molecule has 0 atom stereocenters. The molecule has 0 aromatic carbocycles. The van der Waals surface area contributed by atoms with Crippen molar-refractivity contribution in [2.75, 3.05) is 14.1 Å². The molecule has 0 aliphatic heterocycles. The third-order valence-corrected chi connectivity index (χ3v) is 2.24. The summed E-state index contributed by atoms with van der Waals surface area (Å²) >= 11 is 0. The molecule has 0 aromatic heterocycles. The molecule has 0 unspecified atom stereocenters. The molecule has 0 amide bonds. The van der Waals surface area contributed by atoms with E-state index in [1.807, 2.05) is 0 Å². The van der Waals surface area contributed by atoms with Crippen molar-refractivity contribution in [3.8, 4) is 0 Å². The molecule has 0 fully saturated rings. The Morgan fingerprint density at radius 3 is 2.00 bits per heavy atom. The molecule has 0 rings (SSSR count). The smallest absolute Gasteiger partial charge is 0.198 e. The molecule has 0 spiro atoms. The predicted molar refractivity (Wildman–Crippen MR) is 35.7 cm³/mol. The summed E-state index contributed by atoms with van der Waals surface area (Å²) < 4.78 is 24.7. The minimum absolute atomic E-state index is 1.10. The van der Waals surface area contributed by atoms with Crippen molar-refractivity contribution in [2.24, 2.45) is 0 Å². The van der Waals surface area contributed by atoms with E-state index in [0.717, 1.165) is 4.31 Å². The first-order chi connectivity index (χ1) is 4.00. The molecule has 0 saturated heterocycles. The largest absolute Gasteiger partial charge is 0.279 e. The first-order valence-corrected chi connectivity index (χ1v) is 3.92. The summed E-state index contributed by atoms with van der Waals surface area (Å²) in [6.07, 6.45) is 0. The van der Waals surface area contributed by atoms with Gasteiger partial charge in [-0.25, -0.2) is 0 Å². The zero-order valence-corrected chi connectivity index (χ0v) is 6.57. The fourth-order valence-corrected chi connectivity index (χ4v) is 0.763. The summed E-state index contributed by atoms with van der Waals surface area (Å²) in [6.45, 7) is 2.98. The Morgan fingerprint density at radius 1 is 1.44 bits per heavy atom. The van der Waals surface area contributed by atoms with Crippen molar-refractivity contribution in [2.45, 2.75) is 6.92 Å². The average molecular weight is 151 g/mol. The molecule has 5 heteroatoms. The van der Waals surface area contributed by atoms with E-state index >= 15 is 0 Å². The molecule has 0 bridgehead atoms. The Hall–Kier alpha value is -0.130. The second-order valence-corrected chi connectivity index (χ2v) is 3.61. The van der Waals surface area contributed by atoms with Crippen LogP contribution in [0.4, 0.5) is 0 Å². The van der Waals surface area contributed by atoms with E-state index < -0.39 is 10.2 Å². The van der Waals surface area contributed by atoms with E-state index in [9.17, 15) is 8.42 Å². The fourth-order valence-electron chi connectivity index (χ4n) is 0.254. The van der Waals surface area contributed by atoms with E-state index in [4.69, 9.17) is 0 Å². The lowest BCUT2D eigenvalue weighted by atomic mass is 10.8. The summed E-state index contributed by atoms with van der Waals surface area (Å²) in [5, 5.41) is 0. The van der Waals surface area contributed by atoms with Crippen LogP contribution in [0.3, 0.4) is 0 Å². The molecular weight excluding hydrogens is 140 g/mol. The van der Waals surface area contributed by atoms with Crippen LogP contribution in [0.1, 0.15) is 6.92 Å². The third-order valence-electron chi connectivity index (χ3n) is 0.747. The van der Waals surface area contributed by atoms with Crippen LogP contribution in [0.5, 0.6) is 0 Å². The Balaban J connectivity index is 4.05. The fraction of sp³-hybridized carbons (Fsp3) is 0.750. The molecule has 0 aliphatic rings. The zero-order valence-electron chi connectivity index (χ0n) is 5.75. The van der Waals surface area contributed by atoms with Gasteiger partial charge in [-0.3, -0.25) is 0 Å². The maximum absolute atomic E-state index is 10.7. The van der Waals surface area contributed by atoms with Crippen LogP contribution in [0.2, 0.25) is 0 Å². The van der Waals surface area contributed by atoms with Crippen molar-refractivity contribution in [1.29, 1.82) is 0 Å². The van der Waals surface area contributed by atoms with Crippen molar-refractivity contribution < 1.29 is 8.42 Å². The molecule has 0 saturated carbocycles. The zero-order chi connectivity index (χ0) is 7.49. The standard InChI is InChI=1S/C4H11N2O2S/c1-4-5-9(7,8)6(2)3/h4-5H,1-3H3. The Labute approximate surface area is 56.0 Å². The molecule has 1 radical (unpaired) electrons. The molecule has 0 aliphatic carbocycles. The van der Waals surface area contributed by atoms with Crippen molar-refractivity contribution in [1.82, 2.24) is 9.03 Å². The first-order valence-electron chi connectivity index (χ1n) is 2.48. The van der Waals surface area contributed by atoms with Gasteiger partial charge in [-0.1, -0.05) is 0 Å². The highest BCUT2D eigenvalue weighted by Crippen LogP contribution is 1.86. The molecule has 0 aromatic rings. The molecule has 0 heterocycles. The van der Waals surface area contributed by atoms with Gasteiger partial charge in [-0.15, -0.1) is 0 Å². The lowest BCUT2D eigenvalue weighted by molar-refractivity contribution is 0.512. The Morgan fingerprint density at radius 2 is 1.89 bits per heavy atom. The highest BCUT2D eigenvalue weighted by Gasteiger charge is 2.09. The van der Waals surface area contributed by atoms with Gasteiger partial charge in [-0.2, -0.15) is 17.4 Å². The van der Waals surface area contributed by atoms with Gasteiger partial charge < -0.3 is 0 Å². The van der Waals surface area contributed by atoms with Crippen LogP contribution < -0.4 is 4.72 Å². The summed E-state index contributed by atoms with van der Waals surface area (Å²) in [7, 11) is -0.292. The minimum Gasteiger partial charge on any atom is -0.198 e. The minimum atomic E-state index is -3.22. The van der Waals surface area contributed by atoms with Gasteiger partial charge in [0.05, 0.1) is 0 Å². The second-order valence-electron chi connectivity index (χ2n) is 1.69. The van der Waals surface area contributed by atoms with Crippen LogP contribution in [0, 0.1) is 6.54 Å². The van der Waals surface area contributed by atoms with Crippen molar-refractivity contribution >= 4 is 10.2 Å². The van der Waals surface area contributed by atoms with Gasteiger partial charge in [0.1, 0.15) is 0 Å². The number of rotatable bonds is 3. The Bertz CT molecular complexity index is 161. The quantitative estimate of drug-likeness (QED) is 0.594. The number of hydrogen-bond donors (Lipinski definition) is 1. The van der Waals surface area contributed by atoms with Gasteiger partial charge in [-0.05, 0) is 6.92 Å². The second kappa shape index (κ2) is 3.14. The summed E-state index contributed by atoms with van der Waals surface area (Å²) in [5.41, 5.74) is 0. The van der Waals surface area contributed by atoms with Crippen molar-refractivity contribution in [3.63, 3.8) is 0 Å². The van der Waals surface area contributed by atoms with Gasteiger partial charge in [0.15, 0.2) is 0 Å². The van der Waals surface area contributed by atoms with Crippen LogP contribution in [0.25, 0.3) is 0 Å². The Kier molecular flexibility index (Phi) is 3.10. The van der Waals surface area contributed by atoms with E-state index in [2.05, 4.69) is 4.72 Å². The lowest BCUT2D eigenvalue weighted by Crippen LogP contribution is -2.33. The van der Waals surface area contributed by atoms with Gasteiger partial charge in [0.2, 0.25) is 0 Å². The SMILES string of the molecule is C[CH]NS(=O)(=O)N(C)C. The van der Waals surface area contributed by atoms with Crippen LogP contribution in [-0.2, 0) is 10.2 Å². The molecule has 1 N–H and O–H groups in total. The predicted octanol–water partition coefficient (Wildman–Crippen LogP) is -0.436. The topological polar surface area (TPSA) is 49.4 Å². The summed E-state index contributed by atoms with van der Waals surface area (Å²) in [4.78, 5) is 0. The van der Waals surface area contributed by atoms with Gasteiger partial charge >= 0.3 is 0 Å². The highest BCUT2D eigenvalue weighted by atomic mass is 32.2. The van der Waals surface area contributed by atoms with Crippen LogP contribution in [0.15, 0.2) is 0 Å². The van der Waals surface area contributed by atoms with E-state index in [1.165, 1.54) is 20.6 Å². The maximum atomic E-state index is 10.7. The van der Waals surface area contributed by atoms with Crippen LogP contribution >= 0.6 is 0 Å².